The standard InChI is InChI=1S/C21H25N5O4S/c1-13(15-9-19(27)22-11-15)30-21-20-18(23-12-26(20)4)10-17(24-21)14-5-7-16(8-6-14)31(28,29)25(2)3/h5-8,10,12-13,15H,9,11H2,1-4H3,(H,22,27)/t13?,15-/m1/s1. The van der Waals surface area contributed by atoms with Crippen molar-refractivity contribution in [3.63, 3.8) is 0 Å². The van der Waals surface area contributed by atoms with E-state index >= 15 is 0 Å². The number of amides is 1. The molecule has 0 spiro atoms. The molecule has 0 aliphatic carbocycles. The number of carbonyl (C=O) groups excluding carboxylic acids is 1. The summed E-state index contributed by atoms with van der Waals surface area (Å²) in [5, 5.41) is 2.83. The van der Waals surface area contributed by atoms with Crippen LogP contribution in [0.4, 0.5) is 0 Å². The molecule has 1 aliphatic rings. The molecule has 1 saturated heterocycles. The predicted molar refractivity (Wildman–Crippen MR) is 116 cm³/mol. The summed E-state index contributed by atoms with van der Waals surface area (Å²) in [7, 11) is 1.36. The maximum Gasteiger partial charge on any atom is 0.242 e. The molecule has 164 valence electrons. The Hall–Kier alpha value is -2.98. The van der Waals surface area contributed by atoms with E-state index in [-0.39, 0.29) is 22.8 Å². The van der Waals surface area contributed by atoms with Crippen molar-refractivity contribution >= 4 is 27.0 Å². The molecule has 0 radical (unpaired) electrons. The first kappa shape index (κ1) is 21.3. The van der Waals surface area contributed by atoms with Crippen LogP contribution in [-0.2, 0) is 21.9 Å². The van der Waals surface area contributed by atoms with Crippen LogP contribution < -0.4 is 10.1 Å². The number of fused-ring (bicyclic) bond motifs is 1. The molecule has 1 aliphatic heterocycles. The number of sulfonamides is 1. The van der Waals surface area contributed by atoms with Gasteiger partial charge in [-0.15, -0.1) is 0 Å². The first-order valence-electron chi connectivity index (χ1n) is 9.95. The molecule has 1 amide bonds. The Morgan fingerprint density at radius 2 is 1.97 bits per heavy atom. The van der Waals surface area contributed by atoms with E-state index in [4.69, 9.17) is 9.72 Å². The average molecular weight is 444 g/mol. The zero-order valence-corrected chi connectivity index (χ0v) is 18.7. The molecule has 1 N–H and O–H groups in total. The van der Waals surface area contributed by atoms with Crippen LogP contribution in [0.2, 0.25) is 0 Å². The van der Waals surface area contributed by atoms with E-state index in [2.05, 4.69) is 10.3 Å². The molecule has 4 rings (SSSR count). The van der Waals surface area contributed by atoms with Crippen molar-refractivity contribution in [3.05, 3.63) is 36.7 Å². The molecule has 1 aromatic carbocycles. The molecule has 0 saturated carbocycles. The summed E-state index contributed by atoms with van der Waals surface area (Å²) in [5.41, 5.74) is 2.86. The number of benzene rings is 1. The van der Waals surface area contributed by atoms with Gasteiger partial charge in [-0.25, -0.2) is 22.7 Å². The van der Waals surface area contributed by atoms with Gasteiger partial charge in [-0.3, -0.25) is 4.79 Å². The second-order valence-electron chi connectivity index (χ2n) is 7.94. The number of ether oxygens (including phenoxy) is 1. The van der Waals surface area contributed by atoms with Gasteiger partial charge >= 0.3 is 0 Å². The van der Waals surface area contributed by atoms with E-state index in [1.54, 1.807) is 30.6 Å². The lowest BCUT2D eigenvalue weighted by Gasteiger charge is -2.20. The second kappa shape index (κ2) is 7.93. The Morgan fingerprint density at radius 1 is 1.26 bits per heavy atom. The van der Waals surface area contributed by atoms with Crippen molar-refractivity contribution in [2.24, 2.45) is 13.0 Å². The van der Waals surface area contributed by atoms with Crippen LogP contribution in [0.1, 0.15) is 13.3 Å². The third-order valence-corrected chi connectivity index (χ3v) is 7.39. The van der Waals surface area contributed by atoms with E-state index in [0.717, 1.165) is 16.6 Å². The van der Waals surface area contributed by atoms with Gasteiger partial charge in [-0.1, -0.05) is 12.1 Å². The molecular weight excluding hydrogens is 418 g/mol. The van der Waals surface area contributed by atoms with Crippen LogP contribution in [0.5, 0.6) is 5.88 Å². The van der Waals surface area contributed by atoms with Gasteiger partial charge in [0.05, 0.1) is 22.4 Å². The number of hydrogen-bond donors (Lipinski definition) is 1. The minimum absolute atomic E-state index is 0.0283. The smallest absolute Gasteiger partial charge is 0.242 e. The van der Waals surface area contributed by atoms with E-state index in [0.29, 0.717) is 24.5 Å². The maximum absolute atomic E-state index is 12.3. The van der Waals surface area contributed by atoms with E-state index < -0.39 is 10.0 Å². The zero-order chi connectivity index (χ0) is 22.3. The monoisotopic (exact) mass is 443 g/mol. The lowest BCUT2D eigenvalue weighted by atomic mass is 10.0. The van der Waals surface area contributed by atoms with E-state index in [1.807, 2.05) is 24.6 Å². The van der Waals surface area contributed by atoms with Gasteiger partial charge in [-0.2, -0.15) is 0 Å². The van der Waals surface area contributed by atoms with Crippen LogP contribution in [0.25, 0.3) is 22.3 Å². The zero-order valence-electron chi connectivity index (χ0n) is 17.9. The predicted octanol–water partition coefficient (Wildman–Crippen LogP) is 1.79. The molecular formula is C21H25N5O4S. The number of hydrogen-bond acceptors (Lipinski definition) is 6. The fourth-order valence-corrected chi connectivity index (χ4v) is 4.51. The molecule has 10 heteroatoms. The normalized spacial score (nSPS) is 17.8. The third-order valence-electron chi connectivity index (χ3n) is 5.56. The Bertz CT molecular complexity index is 1230. The Labute approximate surface area is 181 Å². The van der Waals surface area contributed by atoms with Crippen molar-refractivity contribution < 1.29 is 17.9 Å². The number of imidazole rings is 1. The highest BCUT2D eigenvalue weighted by Gasteiger charge is 2.29. The topological polar surface area (TPSA) is 106 Å². The molecule has 1 unspecified atom stereocenters. The summed E-state index contributed by atoms with van der Waals surface area (Å²) in [6, 6.07) is 8.42. The van der Waals surface area contributed by atoms with Gasteiger partial charge < -0.3 is 14.6 Å². The van der Waals surface area contributed by atoms with Crippen LogP contribution in [-0.4, -0.2) is 59.9 Å². The lowest BCUT2D eigenvalue weighted by molar-refractivity contribution is -0.119. The van der Waals surface area contributed by atoms with Crippen molar-refractivity contribution in [2.45, 2.75) is 24.3 Å². The summed E-state index contributed by atoms with van der Waals surface area (Å²) >= 11 is 0. The quantitative estimate of drug-likeness (QED) is 0.623. The van der Waals surface area contributed by atoms with Gasteiger partial charge in [0.1, 0.15) is 11.6 Å². The Balaban J connectivity index is 1.70. The van der Waals surface area contributed by atoms with Gasteiger partial charge in [0, 0.05) is 45.6 Å². The van der Waals surface area contributed by atoms with Crippen LogP contribution in [0.3, 0.4) is 0 Å². The maximum atomic E-state index is 12.3. The van der Waals surface area contributed by atoms with Crippen molar-refractivity contribution in [3.8, 4) is 17.1 Å². The summed E-state index contributed by atoms with van der Waals surface area (Å²) in [4.78, 5) is 20.9. The van der Waals surface area contributed by atoms with Gasteiger partial charge in [-0.05, 0) is 25.1 Å². The summed E-state index contributed by atoms with van der Waals surface area (Å²) in [6.07, 6.45) is 1.91. The molecule has 0 bridgehead atoms. The molecule has 3 aromatic rings. The number of carbonyl (C=O) groups is 1. The summed E-state index contributed by atoms with van der Waals surface area (Å²) in [6.45, 7) is 2.51. The number of nitrogens with zero attached hydrogens (tertiary/aromatic N) is 4. The molecule has 31 heavy (non-hydrogen) atoms. The second-order valence-corrected chi connectivity index (χ2v) is 10.1. The van der Waals surface area contributed by atoms with E-state index in [1.165, 1.54) is 18.4 Å². The largest absolute Gasteiger partial charge is 0.473 e. The summed E-state index contributed by atoms with van der Waals surface area (Å²) in [5.74, 6) is 0.529. The first-order valence-corrected chi connectivity index (χ1v) is 11.4. The highest BCUT2D eigenvalue weighted by molar-refractivity contribution is 7.89. The van der Waals surface area contributed by atoms with E-state index in [9.17, 15) is 13.2 Å². The molecule has 1 fully saturated rings. The minimum Gasteiger partial charge on any atom is -0.473 e. The number of aryl methyl sites for hydroxylation is 1. The first-order chi connectivity index (χ1) is 14.7. The minimum atomic E-state index is -3.51. The van der Waals surface area contributed by atoms with Gasteiger partial charge in [0.25, 0.3) is 0 Å². The number of aromatic nitrogens is 3. The van der Waals surface area contributed by atoms with Crippen molar-refractivity contribution in [1.29, 1.82) is 0 Å². The molecule has 2 aromatic heterocycles. The van der Waals surface area contributed by atoms with Crippen LogP contribution in [0, 0.1) is 5.92 Å². The fraction of sp³-hybridized carbons (Fsp3) is 0.381. The number of nitrogens with one attached hydrogen (secondary N) is 1. The van der Waals surface area contributed by atoms with Gasteiger partial charge in [0.15, 0.2) is 0 Å². The molecule has 3 heterocycles. The number of pyridine rings is 1. The lowest BCUT2D eigenvalue weighted by Crippen LogP contribution is -2.26. The fourth-order valence-electron chi connectivity index (χ4n) is 3.61. The third kappa shape index (κ3) is 4.00. The summed E-state index contributed by atoms with van der Waals surface area (Å²) < 4.78 is 33.9. The Kier molecular flexibility index (Phi) is 5.44. The highest BCUT2D eigenvalue weighted by Crippen LogP contribution is 2.31. The van der Waals surface area contributed by atoms with Crippen LogP contribution >= 0.6 is 0 Å². The SMILES string of the molecule is CC(Oc1nc(-c2ccc(S(=O)(=O)N(C)C)cc2)cc2ncn(C)c12)[C@H]1CNC(=O)C1. The number of rotatable bonds is 6. The van der Waals surface area contributed by atoms with Gasteiger partial charge in [0.2, 0.25) is 21.8 Å². The molecule has 2 atom stereocenters. The van der Waals surface area contributed by atoms with Crippen molar-refractivity contribution in [1.82, 2.24) is 24.2 Å². The van der Waals surface area contributed by atoms with Crippen molar-refractivity contribution in [2.75, 3.05) is 20.6 Å². The Morgan fingerprint density at radius 3 is 2.58 bits per heavy atom. The van der Waals surface area contributed by atoms with Crippen LogP contribution in [0.15, 0.2) is 41.6 Å². The molecule has 9 nitrogen and oxygen atoms in total. The average Bonchev–Trinajstić information content (AvgIpc) is 3.34. The highest BCUT2D eigenvalue weighted by atomic mass is 32.2.